The van der Waals surface area contributed by atoms with Gasteiger partial charge in [-0.2, -0.15) is 0 Å². The van der Waals surface area contributed by atoms with Crippen LogP contribution in [0.15, 0.2) is 71.6 Å². The molecule has 0 unspecified atom stereocenters. The predicted octanol–water partition coefficient (Wildman–Crippen LogP) is 6.74. The van der Waals surface area contributed by atoms with Crippen molar-refractivity contribution >= 4 is 16.1 Å². The molecule has 4 rings (SSSR count). The Morgan fingerprint density at radius 1 is 0.878 bits per heavy atom. The molecule has 3 aromatic carbocycles. The normalized spacial score (nSPS) is 13.8. The predicted molar refractivity (Wildman–Crippen MR) is 155 cm³/mol. The van der Waals surface area contributed by atoms with Crippen molar-refractivity contribution in [3.63, 3.8) is 0 Å². The van der Waals surface area contributed by atoms with Crippen molar-refractivity contribution in [2.75, 3.05) is 13.2 Å². The molecule has 1 aliphatic carbocycles. The Labute approximate surface area is 241 Å². The summed E-state index contributed by atoms with van der Waals surface area (Å²) in [6.07, 6.45) is 7.31. The first kappa shape index (κ1) is 30.2. The largest absolute Gasteiger partial charge is 0.493 e. The second kappa shape index (κ2) is 14.7. The van der Waals surface area contributed by atoms with E-state index in [4.69, 9.17) is 14.2 Å². The maximum Gasteiger partial charge on any atom is 0.328 e. The number of rotatable bonds is 13. The highest BCUT2D eigenvalue weighted by molar-refractivity contribution is 7.90. The monoisotopic (exact) mass is 584 g/mol. The van der Waals surface area contributed by atoms with E-state index in [-0.39, 0.29) is 16.8 Å². The first-order chi connectivity index (χ1) is 19.8. The number of carbonyl (C=O) groups is 1. The molecule has 8 nitrogen and oxygen atoms in total. The number of carbonyl (C=O) groups excluding carboxylic acids is 1. The minimum atomic E-state index is -3.98. The topological polar surface area (TPSA) is 103 Å². The molecule has 0 radical (unpaired) electrons. The number of ether oxygens (including phenoxy) is 3. The van der Waals surface area contributed by atoms with Crippen LogP contribution in [-0.4, -0.2) is 33.7 Å². The van der Waals surface area contributed by atoms with Crippen LogP contribution in [0.2, 0.25) is 0 Å². The summed E-state index contributed by atoms with van der Waals surface area (Å²) in [6.45, 7) is 2.90. The molecular weight excluding hydrogens is 547 g/mol. The van der Waals surface area contributed by atoms with E-state index in [2.05, 4.69) is 17.0 Å². The number of benzene rings is 3. The molecule has 1 aliphatic rings. The third-order valence-corrected chi connectivity index (χ3v) is 8.06. The van der Waals surface area contributed by atoms with Gasteiger partial charge in [0.1, 0.15) is 28.8 Å². The Morgan fingerprint density at radius 2 is 1.54 bits per heavy atom. The molecule has 0 aliphatic heterocycles. The van der Waals surface area contributed by atoms with Crippen molar-refractivity contribution in [2.45, 2.75) is 69.2 Å². The van der Waals surface area contributed by atoms with Crippen LogP contribution in [0.25, 0.3) is 0 Å². The van der Waals surface area contributed by atoms with Gasteiger partial charge in [-0.15, -0.1) is 0 Å². The van der Waals surface area contributed by atoms with Gasteiger partial charge in [-0.3, -0.25) is 0 Å². The molecule has 220 valence electrons. The van der Waals surface area contributed by atoms with E-state index in [1.807, 2.05) is 18.2 Å². The summed E-state index contributed by atoms with van der Waals surface area (Å²) >= 11 is 0. The van der Waals surface area contributed by atoms with Crippen molar-refractivity contribution in [1.29, 1.82) is 0 Å². The number of hydrogen-bond donors (Lipinski definition) is 2. The molecule has 0 spiro atoms. The number of sulfonamides is 1. The van der Waals surface area contributed by atoms with Crippen LogP contribution in [0, 0.1) is 5.82 Å². The standard InChI is InChI=1S/C31H37FN2O6S/c1-2-7-23-22-28(40-27-12-10-24(32)11-13-27)16-19-30(23)39-21-6-20-38-26-14-17-29(18-15-26)41(36,37)34-31(35)33-25-8-4-3-5-9-25/h10-19,22,25H,2-9,20-21H2,1H3,(H2,33,34,35). The zero-order valence-electron chi connectivity index (χ0n) is 23.2. The number of hydrogen-bond acceptors (Lipinski definition) is 6. The minimum Gasteiger partial charge on any atom is -0.493 e. The molecule has 10 heteroatoms. The Balaban J connectivity index is 1.21. The lowest BCUT2D eigenvalue weighted by Gasteiger charge is -2.22. The van der Waals surface area contributed by atoms with E-state index >= 15 is 0 Å². The van der Waals surface area contributed by atoms with Crippen molar-refractivity contribution < 1.29 is 31.8 Å². The van der Waals surface area contributed by atoms with E-state index in [1.54, 1.807) is 24.3 Å². The molecule has 0 bridgehead atoms. The van der Waals surface area contributed by atoms with Crippen LogP contribution in [0.3, 0.4) is 0 Å². The first-order valence-electron chi connectivity index (χ1n) is 14.1. The van der Waals surface area contributed by atoms with Crippen molar-refractivity contribution in [2.24, 2.45) is 0 Å². The molecule has 0 atom stereocenters. The lowest BCUT2D eigenvalue weighted by atomic mass is 9.96. The smallest absolute Gasteiger partial charge is 0.328 e. The molecule has 41 heavy (non-hydrogen) atoms. The molecule has 3 aromatic rings. The van der Waals surface area contributed by atoms with Crippen LogP contribution in [-0.2, 0) is 16.4 Å². The van der Waals surface area contributed by atoms with Gasteiger partial charge < -0.3 is 19.5 Å². The molecule has 2 amide bonds. The Hall–Kier alpha value is -3.79. The lowest BCUT2D eigenvalue weighted by molar-refractivity contribution is 0.237. The van der Waals surface area contributed by atoms with Gasteiger partial charge >= 0.3 is 6.03 Å². The van der Waals surface area contributed by atoms with Gasteiger partial charge in [0.15, 0.2) is 0 Å². The van der Waals surface area contributed by atoms with E-state index < -0.39 is 16.1 Å². The fourth-order valence-corrected chi connectivity index (χ4v) is 5.57. The van der Waals surface area contributed by atoms with Crippen LogP contribution < -0.4 is 24.2 Å². The van der Waals surface area contributed by atoms with E-state index in [1.165, 1.54) is 24.3 Å². The highest BCUT2D eigenvalue weighted by Crippen LogP contribution is 2.29. The highest BCUT2D eigenvalue weighted by atomic mass is 32.2. The summed E-state index contributed by atoms with van der Waals surface area (Å²) in [5.41, 5.74) is 1.02. The summed E-state index contributed by atoms with van der Waals surface area (Å²) in [5.74, 6) is 2.19. The number of amides is 2. The number of halogens is 1. The summed E-state index contributed by atoms with van der Waals surface area (Å²) in [4.78, 5) is 12.2. The van der Waals surface area contributed by atoms with Crippen LogP contribution in [0.5, 0.6) is 23.0 Å². The Kier molecular flexibility index (Phi) is 10.8. The van der Waals surface area contributed by atoms with Gasteiger partial charge in [0.25, 0.3) is 10.0 Å². The van der Waals surface area contributed by atoms with Crippen molar-refractivity contribution in [3.8, 4) is 23.0 Å². The second-order valence-corrected chi connectivity index (χ2v) is 11.7. The van der Waals surface area contributed by atoms with Gasteiger partial charge in [-0.25, -0.2) is 22.3 Å². The number of aryl methyl sites for hydroxylation is 1. The molecule has 0 aromatic heterocycles. The maximum absolute atomic E-state index is 13.2. The van der Waals surface area contributed by atoms with Crippen molar-refractivity contribution in [3.05, 3.63) is 78.1 Å². The molecule has 1 fully saturated rings. The van der Waals surface area contributed by atoms with E-state index in [0.717, 1.165) is 56.3 Å². The van der Waals surface area contributed by atoms with Gasteiger partial charge in [0.2, 0.25) is 0 Å². The molecule has 0 heterocycles. The third-order valence-electron chi connectivity index (χ3n) is 6.72. The van der Waals surface area contributed by atoms with Crippen LogP contribution in [0.1, 0.15) is 57.4 Å². The minimum absolute atomic E-state index is 0.0118. The van der Waals surface area contributed by atoms with E-state index in [9.17, 15) is 17.6 Å². The zero-order chi connectivity index (χ0) is 29.1. The average molecular weight is 585 g/mol. The Bertz CT molecular complexity index is 1370. The molecular formula is C31H37FN2O6S. The highest BCUT2D eigenvalue weighted by Gasteiger charge is 2.21. The fraction of sp³-hybridized carbons (Fsp3) is 0.387. The fourth-order valence-electron chi connectivity index (χ4n) is 4.65. The maximum atomic E-state index is 13.2. The lowest BCUT2D eigenvalue weighted by Crippen LogP contribution is -2.45. The zero-order valence-corrected chi connectivity index (χ0v) is 24.1. The SMILES string of the molecule is CCCc1cc(Oc2ccc(F)cc2)ccc1OCCCOc1ccc(S(=O)(=O)NC(=O)NC2CCCCC2)cc1. The third kappa shape index (κ3) is 9.38. The molecule has 2 N–H and O–H groups in total. The molecule has 0 saturated heterocycles. The quantitative estimate of drug-likeness (QED) is 0.216. The molecule has 1 saturated carbocycles. The number of urea groups is 1. The van der Waals surface area contributed by atoms with Crippen LogP contribution >= 0.6 is 0 Å². The van der Waals surface area contributed by atoms with Gasteiger partial charge in [-0.05, 0) is 91.6 Å². The summed E-state index contributed by atoms with van der Waals surface area (Å²) < 4.78 is 58.0. The first-order valence-corrected chi connectivity index (χ1v) is 15.6. The number of nitrogens with one attached hydrogen (secondary N) is 2. The average Bonchev–Trinajstić information content (AvgIpc) is 2.96. The van der Waals surface area contributed by atoms with Gasteiger partial charge in [-0.1, -0.05) is 32.6 Å². The van der Waals surface area contributed by atoms with Crippen LogP contribution in [0.4, 0.5) is 9.18 Å². The Morgan fingerprint density at radius 3 is 2.24 bits per heavy atom. The van der Waals surface area contributed by atoms with E-state index in [0.29, 0.717) is 36.9 Å². The van der Waals surface area contributed by atoms with Gasteiger partial charge in [0.05, 0.1) is 18.1 Å². The van der Waals surface area contributed by atoms with Gasteiger partial charge in [0, 0.05) is 12.5 Å². The summed E-state index contributed by atoms with van der Waals surface area (Å²) in [7, 11) is -3.98. The summed E-state index contributed by atoms with van der Waals surface area (Å²) in [6, 6.07) is 16.8. The van der Waals surface area contributed by atoms with Crippen molar-refractivity contribution in [1.82, 2.24) is 10.0 Å². The second-order valence-electron chi connectivity index (χ2n) is 10.0. The summed E-state index contributed by atoms with van der Waals surface area (Å²) in [5, 5.41) is 2.75.